The quantitative estimate of drug-likeness (QED) is 0.742. The molecular weight excluding hydrogens is 302 g/mol. The van der Waals surface area contributed by atoms with Gasteiger partial charge >= 0.3 is 0 Å². The zero-order valence-electron chi connectivity index (χ0n) is 12.8. The number of H-pyrrole nitrogens is 1. The minimum atomic E-state index is -0.695. The lowest BCUT2D eigenvalue weighted by atomic mass is 10.2. The molecule has 2 aromatic heterocycles. The predicted molar refractivity (Wildman–Crippen MR) is 81.5 cm³/mol. The molecule has 3 atom stereocenters. The third-order valence-electron chi connectivity index (χ3n) is 3.71. The Balaban J connectivity index is 1.99. The van der Waals surface area contributed by atoms with E-state index in [4.69, 9.17) is 4.74 Å². The van der Waals surface area contributed by atoms with E-state index in [0.29, 0.717) is 6.42 Å². The number of ether oxygens (including phenoxy) is 1. The second-order valence-electron chi connectivity index (χ2n) is 5.81. The number of hydrogen-bond donors (Lipinski definition) is 3. The van der Waals surface area contributed by atoms with E-state index in [-0.39, 0.29) is 28.9 Å². The Hall–Kier alpha value is -2.26. The van der Waals surface area contributed by atoms with Crippen LogP contribution < -0.4 is 10.9 Å². The Morgan fingerprint density at radius 2 is 2.35 bits per heavy atom. The first-order chi connectivity index (χ1) is 10.9. The first-order valence-electron chi connectivity index (χ1n) is 7.31. The van der Waals surface area contributed by atoms with Gasteiger partial charge in [-0.2, -0.15) is 4.98 Å². The number of nitrogens with one attached hydrogen (secondary N) is 2. The molecule has 3 rings (SSSR count). The van der Waals surface area contributed by atoms with E-state index in [0.717, 1.165) is 0 Å². The summed E-state index contributed by atoms with van der Waals surface area (Å²) in [7, 11) is 0. The van der Waals surface area contributed by atoms with Crippen LogP contribution in [0, 0.1) is 12.8 Å². The maximum Gasteiger partial charge on any atom is 0.280 e. The third kappa shape index (κ3) is 2.84. The minimum Gasteiger partial charge on any atom is -0.390 e. The molecule has 0 spiro atoms. The Morgan fingerprint density at radius 3 is 2.96 bits per heavy atom. The fourth-order valence-corrected chi connectivity index (χ4v) is 2.34. The van der Waals surface area contributed by atoms with Crippen LogP contribution in [0.5, 0.6) is 0 Å². The molecule has 2 aromatic rings. The summed E-state index contributed by atoms with van der Waals surface area (Å²) in [4.78, 5) is 34.6. The highest BCUT2D eigenvalue weighted by atomic mass is 16.5. The summed E-state index contributed by atoms with van der Waals surface area (Å²) in [6.07, 6.45) is -0.0161. The normalized spacial score (nSPS) is 24.5. The lowest BCUT2D eigenvalue weighted by Crippen LogP contribution is -2.22. The summed E-state index contributed by atoms with van der Waals surface area (Å²) in [6.45, 7) is 7.17. The van der Waals surface area contributed by atoms with Crippen molar-refractivity contribution in [1.29, 1.82) is 0 Å². The van der Waals surface area contributed by atoms with Crippen LogP contribution in [0.3, 0.4) is 0 Å². The van der Waals surface area contributed by atoms with Crippen molar-refractivity contribution in [3.8, 4) is 0 Å². The monoisotopic (exact) mass is 320 g/mol. The van der Waals surface area contributed by atoms with Gasteiger partial charge in [0.1, 0.15) is 6.23 Å². The van der Waals surface area contributed by atoms with E-state index >= 15 is 0 Å². The molecule has 9 heteroatoms. The topological polar surface area (TPSA) is 122 Å². The van der Waals surface area contributed by atoms with E-state index in [1.54, 1.807) is 18.4 Å². The van der Waals surface area contributed by atoms with Crippen molar-refractivity contribution in [2.75, 3.05) is 5.32 Å². The van der Waals surface area contributed by atoms with Crippen LogP contribution in [-0.2, 0) is 9.53 Å². The average molecular weight is 320 g/mol. The standard InChI is InChI=1S/C14H18N5O4/c1-6(2)12(21)17-14-16-11-10(13(22)18-14)15-5-19(11)9-4-8(20)7(3)23-9/h5-9,20H,3-4H2,1-2H3,(H2,16,17,18,21,22)/t7-,8+,9-/m1/s1. The Kier molecular flexibility index (Phi) is 3.90. The zero-order valence-corrected chi connectivity index (χ0v) is 12.8. The van der Waals surface area contributed by atoms with Crippen LogP contribution in [0.25, 0.3) is 11.2 Å². The van der Waals surface area contributed by atoms with Gasteiger partial charge in [-0.1, -0.05) is 13.8 Å². The lowest BCUT2D eigenvalue weighted by molar-refractivity contribution is -0.118. The SMILES string of the molecule is [CH2][C@H]1O[C@@H](n2cnc3c(=O)[nH]c(NC(=O)C(C)C)nc32)C[C@@H]1O. The first-order valence-corrected chi connectivity index (χ1v) is 7.31. The number of fused-ring (bicyclic) bond motifs is 1. The molecule has 1 aliphatic heterocycles. The average Bonchev–Trinajstić information content (AvgIpc) is 3.03. The van der Waals surface area contributed by atoms with Gasteiger partial charge in [-0.3, -0.25) is 24.5 Å². The largest absolute Gasteiger partial charge is 0.390 e. The number of hydrogen-bond acceptors (Lipinski definition) is 6. The Labute approximate surface area is 131 Å². The number of aliphatic hydroxyl groups is 1. The highest BCUT2D eigenvalue weighted by Crippen LogP contribution is 2.29. The number of amides is 1. The van der Waals surface area contributed by atoms with Gasteiger partial charge in [-0.25, -0.2) is 4.98 Å². The van der Waals surface area contributed by atoms with Crippen molar-refractivity contribution in [2.24, 2.45) is 5.92 Å². The van der Waals surface area contributed by atoms with Crippen LogP contribution in [0.4, 0.5) is 5.95 Å². The number of rotatable bonds is 3. The van der Waals surface area contributed by atoms with Crippen LogP contribution in [-0.4, -0.2) is 42.7 Å². The Bertz CT molecular complexity index is 786. The lowest BCUT2D eigenvalue weighted by Gasteiger charge is -2.13. The number of carbonyl (C=O) groups excluding carboxylic acids is 1. The highest BCUT2D eigenvalue weighted by molar-refractivity contribution is 5.91. The van der Waals surface area contributed by atoms with E-state index in [1.165, 1.54) is 6.33 Å². The summed E-state index contributed by atoms with van der Waals surface area (Å²) in [5, 5.41) is 12.3. The maximum atomic E-state index is 12.1. The third-order valence-corrected chi connectivity index (χ3v) is 3.71. The van der Waals surface area contributed by atoms with Gasteiger partial charge in [-0.15, -0.1) is 0 Å². The molecule has 9 nitrogen and oxygen atoms in total. The number of aliphatic hydroxyl groups excluding tert-OH is 1. The molecule has 3 N–H and O–H groups in total. The molecule has 23 heavy (non-hydrogen) atoms. The van der Waals surface area contributed by atoms with Crippen LogP contribution in [0.15, 0.2) is 11.1 Å². The molecule has 1 radical (unpaired) electrons. The summed E-state index contributed by atoms with van der Waals surface area (Å²) in [6, 6.07) is 0. The van der Waals surface area contributed by atoms with Crippen molar-refractivity contribution in [3.05, 3.63) is 23.6 Å². The summed E-state index contributed by atoms with van der Waals surface area (Å²) >= 11 is 0. The molecule has 0 bridgehead atoms. The van der Waals surface area contributed by atoms with Crippen molar-refractivity contribution in [2.45, 2.75) is 38.7 Å². The predicted octanol–water partition coefficient (Wildman–Crippen LogP) is 0.197. The van der Waals surface area contributed by atoms with Gasteiger partial charge < -0.3 is 9.84 Å². The van der Waals surface area contributed by atoms with Gasteiger partial charge in [0.2, 0.25) is 11.9 Å². The zero-order chi connectivity index (χ0) is 16.7. The molecule has 1 amide bonds. The molecule has 1 aliphatic rings. The molecule has 3 heterocycles. The number of nitrogens with zero attached hydrogens (tertiary/aromatic N) is 3. The number of anilines is 1. The molecule has 0 aliphatic carbocycles. The molecule has 1 saturated heterocycles. The minimum absolute atomic E-state index is 0.0488. The van der Waals surface area contributed by atoms with E-state index in [2.05, 4.69) is 27.2 Å². The van der Waals surface area contributed by atoms with Gasteiger partial charge in [0.25, 0.3) is 5.56 Å². The van der Waals surface area contributed by atoms with Crippen LogP contribution in [0.1, 0.15) is 26.5 Å². The van der Waals surface area contributed by atoms with Gasteiger partial charge in [0, 0.05) is 12.3 Å². The highest BCUT2D eigenvalue weighted by Gasteiger charge is 2.33. The Morgan fingerprint density at radius 1 is 1.61 bits per heavy atom. The fraction of sp³-hybridized carbons (Fsp3) is 0.500. The fourth-order valence-electron chi connectivity index (χ4n) is 2.34. The van der Waals surface area contributed by atoms with E-state index in [9.17, 15) is 14.7 Å². The van der Waals surface area contributed by atoms with Crippen molar-refractivity contribution < 1.29 is 14.6 Å². The number of aromatic amines is 1. The second-order valence-corrected chi connectivity index (χ2v) is 5.81. The van der Waals surface area contributed by atoms with Crippen molar-refractivity contribution in [3.63, 3.8) is 0 Å². The van der Waals surface area contributed by atoms with Crippen molar-refractivity contribution in [1.82, 2.24) is 19.5 Å². The smallest absolute Gasteiger partial charge is 0.280 e. The van der Waals surface area contributed by atoms with Crippen molar-refractivity contribution >= 4 is 23.0 Å². The molecule has 123 valence electrons. The summed E-state index contributed by atoms with van der Waals surface area (Å²) in [5.41, 5.74) is -0.0465. The molecule has 1 fully saturated rings. The molecule has 0 saturated carbocycles. The second kappa shape index (κ2) is 5.74. The first kappa shape index (κ1) is 15.6. The maximum absolute atomic E-state index is 12.1. The molecular formula is C14H18N5O4. The van der Waals surface area contributed by atoms with E-state index < -0.39 is 24.0 Å². The number of imidazole rings is 1. The number of aromatic nitrogens is 4. The number of carbonyl (C=O) groups is 1. The van der Waals surface area contributed by atoms with Crippen LogP contribution >= 0.6 is 0 Å². The van der Waals surface area contributed by atoms with Gasteiger partial charge in [-0.05, 0) is 6.92 Å². The molecule has 0 aromatic carbocycles. The van der Waals surface area contributed by atoms with Gasteiger partial charge in [0.05, 0.1) is 18.5 Å². The van der Waals surface area contributed by atoms with Gasteiger partial charge in [0.15, 0.2) is 11.2 Å². The summed E-state index contributed by atoms with van der Waals surface area (Å²) < 4.78 is 7.11. The summed E-state index contributed by atoms with van der Waals surface area (Å²) in [5.74, 6) is -0.460. The van der Waals surface area contributed by atoms with E-state index in [1.807, 2.05) is 0 Å². The van der Waals surface area contributed by atoms with Crippen LogP contribution in [0.2, 0.25) is 0 Å². The molecule has 0 unspecified atom stereocenters.